The number of hydrogen-bond acceptors (Lipinski definition) is 3. The predicted molar refractivity (Wildman–Crippen MR) is 65.2 cm³/mol. The topological polar surface area (TPSA) is 46.5 Å². The molecule has 0 unspecified atom stereocenters. The summed E-state index contributed by atoms with van der Waals surface area (Å²) in [4.78, 5) is 0. The average Bonchev–Trinajstić information content (AvgIpc) is 2.61. The third kappa shape index (κ3) is 2.04. The molecule has 0 aliphatic heterocycles. The molecule has 0 fully saturated rings. The van der Waals surface area contributed by atoms with Crippen LogP contribution in [-0.2, 0) is 5.41 Å². The Morgan fingerprint density at radius 1 is 1.38 bits per heavy atom. The summed E-state index contributed by atoms with van der Waals surface area (Å²) in [5.41, 5.74) is 1.13. The van der Waals surface area contributed by atoms with Crippen LogP contribution in [0.15, 0.2) is 24.4 Å². The van der Waals surface area contributed by atoms with Crippen LogP contribution >= 0.6 is 12.2 Å². The quantitative estimate of drug-likeness (QED) is 0.771. The average molecular weight is 234 g/mol. The van der Waals surface area contributed by atoms with E-state index in [0.717, 1.165) is 5.69 Å². The Morgan fingerprint density at radius 3 is 2.62 bits per heavy atom. The van der Waals surface area contributed by atoms with E-state index in [1.807, 2.05) is 18.2 Å². The summed E-state index contributed by atoms with van der Waals surface area (Å²) < 4.78 is 2.48. The predicted octanol–water partition coefficient (Wildman–Crippen LogP) is 2.62. The lowest BCUT2D eigenvalue weighted by molar-refractivity contribution is 0.559. The molecule has 84 valence electrons. The van der Waals surface area contributed by atoms with E-state index in [0.29, 0.717) is 10.5 Å². The Kier molecular flexibility index (Phi) is 2.63. The van der Waals surface area contributed by atoms with Gasteiger partial charge in [-0.1, -0.05) is 33.0 Å². The molecule has 0 spiro atoms. The zero-order valence-corrected chi connectivity index (χ0v) is 10.4. The Morgan fingerprint density at radius 2 is 2.12 bits per heavy atom. The maximum absolute atomic E-state index is 5.29. The first kappa shape index (κ1) is 11.0. The van der Waals surface area contributed by atoms with Crippen LogP contribution in [-0.4, -0.2) is 20.0 Å². The molecular formula is C11H14N4S. The number of rotatable bonds is 1. The lowest BCUT2D eigenvalue weighted by atomic mass is 9.93. The second-order valence-electron chi connectivity index (χ2n) is 4.68. The molecule has 0 saturated carbocycles. The molecule has 2 aromatic rings. The van der Waals surface area contributed by atoms with Crippen molar-refractivity contribution in [2.24, 2.45) is 0 Å². The van der Waals surface area contributed by atoms with Crippen LogP contribution in [0.5, 0.6) is 0 Å². The third-order valence-corrected chi connectivity index (χ3v) is 2.62. The van der Waals surface area contributed by atoms with Gasteiger partial charge in [-0.25, -0.2) is 4.68 Å². The second-order valence-corrected chi connectivity index (χ2v) is 5.09. The van der Waals surface area contributed by atoms with Gasteiger partial charge in [0.05, 0.1) is 0 Å². The lowest BCUT2D eigenvalue weighted by Gasteiger charge is -2.15. The third-order valence-electron chi connectivity index (χ3n) is 2.32. The minimum Gasteiger partial charge on any atom is -0.295 e. The van der Waals surface area contributed by atoms with Gasteiger partial charge in [0.2, 0.25) is 0 Å². The van der Waals surface area contributed by atoms with Crippen molar-refractivity contribution in [3.8, 4) is 5.82 Å². The highest BCUT2D eigenvalue weighted by molar-refractivity contribution is 7.71. The van der Waals surface area contributed by atoms with Crippen LogP contribution in [0.1, 0.15) is 26.5 Å². The van der Waals surface area contributed by atoms with Gasteiger partial charge in [-0.3, -0.25) is 5.10 Å². The van der Waals surface area contributed by atoms with E-state index in [-0.39, 0.29) is 5.41 Å². The zero-order valence-electron chi connectivity index (χ0n) is 9.56. The van der Waals surface area contributed by atoms with Crippen molar-refractivity contribution in [3.63, 3.8) is 0 Å². The number of H-pyrrole nitrogens is 1. The standard InChI is InChI=1S/C11H14N4S/c1-11(2,3)8-7-10(16)15(14-8)9-5-4-6-12-13-9/h4-7,14H,1-3H3. The fourth-order valence-electron chi connectivity index (χ4n) is 1.36. The van der Waals surface area contributed by atoms with E-state index in [1.165, 1.54) is 0 Å². The van der Waals surface area contributed by atoms with Gasteiger partial charge in [0.25, 0.3) is 0 Å². The fourth-order valence-corrected chi connectivity index (χ4v) is 1.62. The van der Waals surface area contributed by atoms with Gasteiger partial charge in [0, 0.05) is 17.3 Å². The summed E-state index contributed by atoms with van der Waals surface area (Å²) in [5.74, 6) is 0.711. The minimum absolute atomic E-state index is 0.0427. The van der Waals surface area contributed by atoms with Crippen molar-refractivity contribution in [2.75, 3.05) is 0 Å². The molecule has 0 saturated heterocycles. The van der Waals surface area contributed by atoms with Crippen molar-refractivity contribution < 1.29 is 0 Å². The van der Waals surface area contributed by atoms with Crippen molar-refractivity contribution in [2.45, 2.75) is 26.2 Å². The highest BCUT2D eigenvalue weighted by Crippen LogP contribution is 2.21. The Labute approximate surface area is 99.3 Å². The molecule has 4 nitrogen and oxygen atoms in total. The molecular weight excluding hydrogens is 220 g/mol. The van der Waals surface area contributed by atoms with Gasteiger partial charge >= 0.3 is 0 Å². The maximum atomic E-state index is 5.29. The summed E-state index contributed by atoms with van der Waals surface area (Å²) in [5, 5.41) is 11.1. The fraction of sp³-hybridized carbons (Fsp3) is 0.364. The normalized spacial score (nSPS) is 11.7. The number of aromatic amines is 1. The molecule has 16 heavy (non-hydrogen) atoms. The molecule has 5 heteroatoms. The van der Waals surface area contributed by atoms with Gasteiger partial charge in [0.1, 0.15) is 4.64 Å². The Hall–Kier alpha value is -1.49. The molecule has 0 radical (unpaired) electrons. The first-order valence-electron chi connectivity index (χ1n) is 5.09. The Balaban J connectivity index is 2.53. The van der Waals surface area contributed by atoms with Crippen molar-refractivity contribution >= 4 is 12.2 Å². The van der Waals surface area contributed by atoms with Crippen molar-refractivity contribution in [1.82, 2.24) is 20.0 Å². The summed E-state index contributed by atoms with van der Waals surface area (Å²) >= 11 is 5.29. The van der Waals surface area contributed by atoms with Gasteiger partial charge in [-0.15, -0.1) is 5.10 Å². The summed E-state index contributed by atoms with van der Waals surface area (Å²) in [6, 6.07) is 5.66. The van der Waals surface area contributed by atoms with E-state index in [4.69, 9.17) is 12.2 Å². The second kappa shape index (κ2) is 3.83. The van der Waals surface area contributed by atoms with Crippen molar-refractivity contribution in [1.29, 1.82) is 0 Å². The molecule has 0 aliphatic carbocycles. The van der Waals surface area contributed by atoms with E-state index in [1.54, 1.807) is 10.9 Å². The number of nitrogens with zero attached hydrogens (tertiary/aromatic N) is 3. The smallest absolute Gasteiger partial charge is 0.175 e. The number of aromatic nitrogens is 4. The highest BCUT2D eigenvalue weighted by Gasteiger charge is 2.17. The van der Waals surface area contributed by atoms with E-state index < -0.39 is 0 Å². The van der Waals surface area contributed by atoms with Crippen LogP contribution in [0.2, 0.25) is 0 Å². The van der Waals surface area contributed by atoms with Gasteiger partial charge < -0.3 is 0 Å². The maximum Gasteiger partial charge on any atom is 0.175 e. The molecule has 0 atom stereocenters. The summed E-state index contributed by atoms with van der Waals surface area (Å²) in [6.45, 7) is 6.40. The van der Waals surface area contributed by atoms with E-state index >= 15 is 0 Å². The number of hydrogen-bond donors (Lipinski definition) is 1. The van der Waals surface area contributed by atoms with Crippen LogP contribution in [0.3, 0.4) is 0 Å². The molecule has 2 heterocycles. The first-order valence-corrected chi connectivity index (χ1v) is 5.50. The van der Waals surface area contributed by atoms with Crippen LogP contribution in [0, 0.1) is 4.64 Å². The molecule has 0 aromatic carbocycles. The van der Waals surface area contributed by atoms with Gasteiger partial charge in [-0.2, -0.15) is 5.10 Å². The zero-order chi connectivity index (χ0) is 11.8. The SMILES string of the molecule is CC(C)(C)c1cc(=S)n(-c2cccnn2)[nH]1. The van der Waals surface area contributed by atoms with E-state index in [2.05, 4.69) is 36.1 Å². The molecule has 2 aromatic heterocycles. The number of nitrogens with one attached hydrogen (secondary N) is 1. The summed E-state index contributed by atoms with van der Waals surface area (Å²) in [7, 11) is 0. The molecule has 0 amide bonds. The van der Waals surface area contributed by atoms with Crippen molar-refractivity contribution in [3.05, 3.63) is 34.7 Å². The summed E-state index contributed by atoms with van der Waals surface area (Å²) in [6.07, 6.45) is 1.64. The van der Waals surface area contributed by atoms with Gasteiger partial charge in [0.15, 0.2) is 5.82 Å². The minimum atomic E-state index is 0.0427. The molecule has 0 aliphatic rings. The van der Waals surface area contributed by atoms with Crippen LogP contribution in [0.4, 0.5) is 0 Å². The lowest BCUT2D eigenvalue weighted by Crippen LogP contribution is -2.12. The molecule has 2 rings (SSSR count). The van der Waals surface area contributed by atoms with Gasteiger partial charge in [-0.05, 0) is 18.2 Å². The van der Waals surface area contributed by atoms with Crippen LogP contribution < -0.4 is 0 Å². The largest absolute Gasteiger partial charge is 0.295 e. The highest BCUT2D eigenvalue weighted by atomic mass is 32.1. The molecule has 0 bridgehead atoms. The van der Waals surface area contributed by atoms with E-state index in [9.17, 15) is 0 Å². The molecule has 1 N–H and O–H groups in total. The first-order chi connectivity index (χ1) is 7.48. The monoisotopic (exact) mass is 234 g/mol. The Bertz CT molecular complexity index is 533. The van der Waals surface area contributed by atoms with Crippen LogP contribution in [0.25, 0.3) is 5.82 Å².